The van der Waals surface area contributed by atoms with E-state index in [2.05, 4.69) is 40.2 Å². The van der Waals surface area contributed by atoms with Gasteiger partial charge in [0.05, 0.1) is 7.11 Å². The van der Waals surface area contributed by atoms with Gasteiger partial charge >= 0.3 is 0 Å². The van der Waals surface area contributed by atoms with Crippen molar-refractivity contribution in [1.82, 2.24) is 0 Å². The monoisotopic (exact) mass is 294 g/mol. The van der Waals surface area contributed by atoms with E-state index in [1.807, 2.05) is 0 Å². The van der Waals surface area contributed by atoms with Crippen LogP contribution in [0.15, 0.2) is 24.3 Å². The predicted octanol–water partition coefficient (Wildman–Crippen LogP) is 4.43. The molecule has 0 atom stereocenters. The van der Waals surface area contributed by atoms with Crippen molar-refractivity contribution < 1.29 is 4.74 Å². The quantitative estimate of drug-likeness (QED) is 0.733. The van der Waals surface area contributed by atoms with Crippen molar-refractivity contribution in [3.63, 3.8) is 0 Å². The molecule has 1 nitrogen and oxygen atoms in total. The van der Waals surface area contributed by atoms with Gasteiger partial charge in [-0.15, -0.1) is 0 Å². The van der Waals surface area contributed by atoms with Crippen LogP contribution in [0, 0.1) is 0 Å². The second kappa shape index (κ2) is 4.01. The van der Waals surface area contributed by atoms with Gasteiger partial charge in [-0.2, -0.15) is 0 Å². The summed E-state index contributed by atoms with van der Waals surface area (Å²) in [5, 5.41) is 0. The number of hydrogen-bond donors (Lipinski definition) is 0. The summed E-state index contributed by atoms with van der Waals surface area (Å²) in [6, 6.07) is 8.59. The Morgan fingerprint density at radius 3 is 2.18 bits per heavy atom. The van der Waals surface area contributed by atoms with Gasteiger partial charge in [-0.05, 0) is 50.0 Å². The van der Waals surface area contributed by atoms with Crippen molar-refractivity contribution in [3.8, 4) is 5.75 Å². The fraction of sp³-hybridized carbons (Fsp3) is 0.600. The number of para-hydroxylation sites is 1. The van der Waals surface area contributed by atoms with Crippen LogP contribution in [0.2, 0.25) is 0 Å². The maximum absolute atomic E-state index is 5.56. The number of hydrogen-bond acceptors (Lipinski definition) is 1. The van der Waals surface area contributed by atoms with Crippen molar-refractivity contribution >= 4 is 15.9 Å². The van der Waals surface area contributed by atoms with Gasteiger partial charge in [0.25, 0.3) is 0 Å². The molecule has 0 heterocycles. The first kappa shape index (κ1) is 11.6. The predicted molar refractivity (Wildman–Crippen MR) is 74.0 cm³/mol. The average Bonchev–Trinajstić information content (AvgIpc) is 2.40. The van der Waals surface area contributed by atoms with Gasteiger partial charge in [-0.3, -0.25) is 0 Å². The van der Waals surface area contributed by atoms with Crippen molar-refractivity contribution in [2.45, 2.75) is 48.3 Å². The Labute approximate surface area is 112 Å². The molecule has 1 aromatic carbocycles. The largest absolute Gasteiger partial charge is 0.496 e. The molecule has 92 valence electrons. The molecule has 17 heavy (non-hydrogen) atoms. The molecule has 1 aromatic rings. The molecule has 0 aromatic heterocycles. The van der Waals surface area contributed by atoms with E-state index in [-0.39, 0.29) is 0 Å². The van der Waals surface area contributed by atoms with Crippen LogP contribution in [-0.2, 0) is 5.41 Å². The minimum Gasteiger partial charge on any atom is -0.496 e. The molecule has 0 amide bonds. The Balaban J connectivity index is 1.98. The molecule has 0 N–H and O–H groups in total. The first-order valence-electron chi connectivity index (χ1n) is 6.50. The zero-order valence-corrected chi connectivity index (χ0v) is 11.9. The number of methoxy groups -OCH3 is 1. The smallest absolute Gasteiger partial charge is 0.122 e. The fourth-order valence-electron chi connectivity index (χ4n) is 3.63. The van der Waals surface area contributed by atoms with Crippen molar-refractivity contribution in [2.24, 2.45) is 0 Å². The van der Waals surface area contributed by atoms with Gasteiger partial charge < -0.3 is 4.74 Å². The summed E-state index contributed by atoms with van der Waals surface area (Å²) in [5.74, 6) is 1.08. The summed E-state index contributed by atoms with van der Waals surface area (Å²) >= 11 is 3.93. The minimum atomic E-state index is 0.391. The highest BCUT2D eigenvalue weighted by molar-refractivity contribution is 9.10. The van der Waals surface area contributed by atoms with E-state index in [0.717, 1.165) is 5.75 Å². The number of alkyl halides is 1. The van der Waals surface area contributed by atoms with E-state index in [9.17, 15) is 0 Å². The second-order valence-electron chi connectivity index (χ2n) is 5.63. The number of halogens is 1. The highest BCUT2D eigenvalue weighted by atomic mass is 79.9. The molecular weight excluding hydrogens is 276 g/mol. The van der Waals surface area contributed by atoms with Gasteiger partial charge in [0, 0.05) is 9.89 Å². The Kier molecular flexibility index (Phi) is 2.73. The Morgan fingerprint density at radius 2 is 1.59 bits per heavy atom. The first-order chi connectivity index (χ1) is 8.18. The molecule has 0 saturated heterocycles. The van der Waals surface area contributed by atoms with E-state index < -0.39 is 0 Å². The molecule has 0 radical (unpaired) electrons. The average molecular weight is 295 g/mol. The summed E-state index contributed by atoms with van der Waals surface area (Å²) in [7, 11) is 1.79. The minimum absolute atomic E-state index is 0.391. The molecule has 3 aliphatic rings. The van der Waals surface area contributed by atoms with E-state index in [1.165, 1.54) is 44.1 Å². The van der Waals surface area contributed by atoms with Gasteiger partial charge in [0.15, 0.2) is 0 Å². The van der Waals surface area contributed by atoms with Crippen molar-refractivity contribution in [3.05, 3.63) is 29.8 Å². The number of rotatable bonds is 2. The van der Waals surface area contributed by atoms with Crippen LogP contribution in [-0.4, -0.2) is 11.4 Å². The van der Waals surface area contributed by atoms with Crippen LogP contribution in [0.4, 0.5) is 0 Å². The third-order valence-electron chi connectivity index (χ3n) is 4.83. The van der Waals surface area contributed by atoms with Crippen LogP contribution < -0.4 is 4.74 Å². The lowest BCUT2D eigenvalue weighted by molar-refractivity contribution is 0.159. The van der Waals surface area contributed by atoms with E-state index >= 15 is 0 Å². The lowest BCUT2D eigenvalue weighted by atomic mass is 9.58. The SMILES string of the molecule is COc1ccccc1C12CCC(Br)(CC1)CC2. The molecule has 2 heteroatoms. The Hall–Kier alpha value is -0.500. The third-order valence-corrected chi connectivity index (χ3v) is 6.02. The summed E-state index contributed by atoms with van der Waals surface area (Å²) in [6.07, 6.45) is 7.84. The first-order valence-corrected chi connectivity index (χ1v) is 7.29. The summed E-state index contributed by atoms with van der Waals surface area (Å²) < 4.78 is 6.01. The molecule has 3 aliphatic carbocycles. The van der Waals surface area contributed by atoms with Crippen LogP contribution >= 0.6 is 15.9 Å². The van der Waals surface area contributed by atoms with Crippen LogP contribution in [0.1, 0.15) is 44.1 Å². The van der Waals surface area contributed by atoms with E-state index in [0.29, 0.717) is 9.74 Å². The van der Waals surface area contributed by atoms with E-state index in [1.54, 1.807) is 7.11 Å². The van der Waals surface area contributed by atoms with Crippen LogP contribution in [0.25, 0.3) is 0 Å². The molecular formula is C15H19BrO. The lowest BCUT2D eigenvalue weighted by Gasteiger charge is -2.51. The third kappa shape index (κ3) is 1.81. The highest BCUT2D eigenvalue weighted by Crippen LogP contribution is 2.58. The van der Waals surface area contributed by atoms with Gasteiger partial charge in [-0.1, -0.05) is 34.1 Å². The zero-order valence-electron chi connectivity index (χ0n) is 10.3. The molecule has 2 bridgehead atoms. The van der Waals surface area contributed by atoms with Gasteiger partial charge in [0.2, 0.25) is 0 Å². The van der Waals surface area contributed by atoms with E-state index in [4.69, 9.17) is 4.74 Å². The summed E-state index contributed by atoms with van der Waals surface area (Å²) in [5.41, 5.74) is 1.83. The fourth-order valence-corrected chi connectivity index (χ4v) is 4.22. The molecule has 3 fully saturated rings. The topological polar surface area (TPSA) is 9.23 Å². The molecule has 4 rings (SSSR count). The standard InChI is InChI=1S/C15H19BrO/c1-17-13-5-3-2-4-12(13)14-6-9-15(16,10-7-14)11-8-14/h2-5H,6-11H2,1H3. The maximum Gasteiger partial charge on any atom is 0.122 e. The summed E-state index contributed by atoms with van der Waals surface area (Å²) in [6.45, 7) is 0. The van der Waals surface area contributed by atoms with Crippen molar-refractivity contribution in [2.75, 3.05) is 7.11 Å². The number of benzene rings is 1. The van der Waals surface area contributed by atoms with Gasteiger partial charge in [-0.25, -0.2) is 0 Å². The highest BCUT2D eigenvalue weighted by Gasteiger charge is 2.48. The molecule has 0 aliphatic heterocycles. The number of ether oxygens (including phenoxy) is 1. The van der Waals surface area contributed by atoms with Crippen LogP contribution in [0.5, 0.6) is 5.75 Å². The summed E-state index contributed by atoms with van der Waals surface area (Å²) in [4.78, 5) is 0. The van der Waals surface area contributed by atoms with Crippen LogP contribution in [0.3, 0.4) is 0 Å². The normalized spacial score (nSPS) is 35.9. The lowest BCUT2D eigenvalue weighted by Crippen LogP contribution is -2.44. The Bertz CT molecular complexity index is 402. The Morgan fingerprint density at radius 1 is 1.00 bits per heavy atom. The van der Waals surface area contributed by atoms with Crippen molar-refractivity contribution in [1.29, 1.82) is 0 Å². The zero-order chi connectivity index (χ0) is 11.9. The molecule has 0 unspecified atom stereocenters. The second-order valence-corrected chi connectivity index (χ2v) is 7.31. The van der Waals surface area contributed by atoms with Gasteiger partial charge in [0.1, 0.15) is 5.75 Å². The molecule has 0 spiro atoms. The number of fused-ring (bicyclic) bond motifs is 3. The molecule has 3 saturated carbocycles. The maximum atomic E-state index is 5.56.